The number of alkyl halides is 3. The number of halogens is 3. The first-order chi connectivity index (χ1) is 15.3. The average Bonchev–Trinajstić information content (AvgIpc) is 3.47. The molecule has 2 aromatic rings. The summed E-state index contributed by atoms with van der Waals surface area (Å²) in [6.45, 7) is 1.62. The van der Waals surface area contributed by atoms with E-state index in [9.17, 15) is 22.8 Å². The number of carbonyl (C=O) groups is 2. The van der Waals surface area contributed by atoms with Crippen LogP contribution in [0.15, 0.2) is 48.7 Å². The summed E-state index contributed by atoms with van der Waals surface area (Å²) in [5.41, 5.74) is 0.519. The lowest BCUT2D eigenvalue weighted by atomic mass is 9.90. The molecule has 1 saturated carbocycles. The Morgan fingerprint density at radius 1 is 1.12 bits per heavy atom. The molecule has 0 bridgehead atoms. The molecule has 2 amide bonds. The summed E-state index contributed by atoms with van der Waals surface area (Å²) in [6, 6.07) is 10.6. The molecule has 2 aliphatic rings. The fourth-order valence-corrected chi connectivity index (χ4v) is 4.60. The van der Waals surface area contributed by atoms with Crippen LogP contribution in [0.3, 0.4) is 0 Å². The first kappa shape index (κ1) is 22.3. The fourth-order valence-electron chi connectivity index (χ4n) is 4.60. The van der Waals surface area contributed by atoms with Gasteiger partial charge in [0.05, 0.1) is 12.0 Å². The Labute approximate surface area is 185 Å². The number of nitrogens with one attached hydrogen (secondary N) is 1. The monoisotopic (exact) mass is 445 g/mol. The maximum absolute atomic E-state index is 12.9. The van der Waals surface area contributed by atoms with Crippen LogP contribution in [0.1, 0.15) is 36.1 Å². The molecule has 8 heteroatoms. The number of piperidine rings is 1. The first-order valence-corrected chi connectivity index (χ1v) is 10.9. The Kier molecular flexibility index (Phi) is 6.22. The minimum atomic E-state index is -4.42. The first-order valence-electron chi connectivity index (χ1n) is 10.9. The molecule has 0 radical (unpaired) electrons. The van der Waals surface area contributed by atoms with Gasteiger partial charge in [0.25, 0.3) is 0 Å². The summed E-state index contributed by atoms with van der Waals surface area (Å²) < 4.78 is 38.7. The largest absolute Gasteiger partial charge is 0.416 e. The highest BCUT2D eigenvalue weighted by molar-refractivity contribution is 5.83. The Morgan fingerprint density at radius 3 is 2.59 bits per heavy atom. The van der Waals surface area contributed by atoms with Crippen LogP contribution in [0.25, 0.3) is 0 Å². The third kappa shape index (κ3) is 5.11. The number of aromatic nitrogens is 1. The molecule has 1 aromatic heterocycles. The molecule has 1 unspecified atom stereocenters. The Bertz CT molecular complexity index is 970. The number of benzene rings is 1. The zero-order valence-electron chi connectivity index (χ0n) is 17.7. The number of hydrogen-bond donors (Lipinski definition) is 1. The molecule has 1 aliphatic carbocycles. The molecular formula is C24H26F3N3O2. The summed E-state index contributed by atoms with van der Waals surface area (Å²) in [7, 11) is 0. The third-order valence-corrected chi connectivity index (χ3v) is 6.63. The lowest BCUT2D eigenvalue weighted by Gasteiger charge is -2.33. The molecule has 5 nitrogen and oxygen atoms in total. The summed E-state index contributed by atoms with van der Waals surface area (Å²) in [5.74, 6) is -0.132. The maximum Gasteiger partial charge on any atom is 0.416 e. The second-order valence-corrected chi connectivity index (χ2v) is 8.74. The van der Waals surface area contributed by atoms with Crippen molar-refractivity contribution in [3.8, 4) is 0 Å². The molecular weight excluding hydrogens is 419 g/mol. The molecule has 170 valence electrons. The van der Waals surface area contributed by atoms with Crippen molar-refractivity contribution in [3.63, 3.8) is 0 Å². The van der Waals surface area contributed by atoms with Gasteiger partial charge in [0.2, 0.25) is 11.8 Å². The van der Waals surface area contributed by atoms with Crippen LogP contribution in [0, 0.1) is 11.3 Å². The van der Waals surface area contributed by atoms with Crippen LogP contribution in [0.2, 0.25) is 0 Å². The topological polar surface area (TPSA) is 62.3 Å². The van der Waals surface area contributed by atoms with Crippen molar-refractivity contribution in [3.05, 3.63) is 65.5 Å². The molecule has 1 aliphatic heterocycles. The number of pyridine rings is 1. The highest BCUT2D eigenvalue weighted by atomic mass is 19.4. The minimum absolute atomic E-state index is 0.0213. The van der Waals surface area contributed by atoms with Crippen LogP contribution >= 0.6 is 0 Å². The van der Waals surface area contributed by atoms with Gasteiger partial charge >= 0.3 is 6.18 Å². The van der Waals surface area contributed by atoms with Crippen LogP contribution in [0.4, 0.5) is 13.2 Å². The smallest absolute Gasteiger partial charge is 0.355 e. The van der Waals surface area contributed by atoms with Crippen molar-refractivity contribution < 1.29 is 22.8 Å². The molecule has 4 rings (SSSR count). The molecule has 32 heavy (non-hydrogen) atoms. The van der Waals surface area contributed by atoms with E-state index in [1.54, 1.807) is 17.2 Å². The van der Waals surface area contributed by atoms with Gasteiger partial charge in [-0.15, -0.1) is 0 Å². The fraction of sp³-hybridized carbons (Fsp3) is 0.458. The highest BCUT2D eigenvalue weighted by Crippen LogP contribution is 2.59. The Balaban J connectivity index is 1.23. The van der Waals surface area contributed by atoms with Gasteiger partial charge in [-0.25, -0.2) is 0 Å². The summed E-state index contributed by atoms with van der Waals surface area (Å²) in [4.78, 5) is 31.1. The van der Waals surface area contributed by atoms with E-state index in [-0.39, 0.29) is 29.6 Å². The Morgan fingerprint density at radius 2 is 1.91 bits per heavy atom. The molecule has 2 heterocycles. The van der Waals surface area contributed by atoms with Crippen LogP contribution in [-0.4, -0.2) is 41.3 Å². The molecule has 1 saturated heterocycles. The second kappa shape index (κ2) is 8.92. The summed E-state index contributed by atoms with van der Waals surface area (Å²) in [5, 5.41) is 3.00. The van der Waals surface area contributed by atoms with E-state index in [0.717, 1.165) is 37.1 Å². The van der Waals surface area contributed by atoms with E-state index in [4.69, 9.17) is 0 Å². The molecule has 1 aromatic carbocycles. The number of amides is 2. The van der Waals surface area contributed by atoms with E-state index in [1.165, 1.54) is 6.07 Å². The van der Waals surface area contributed by atoms with E-state index in [0.29, 0.717) is 31.6 Å². The van der Waals surface area contributed by atoms with Crippen molar-refractivity contribution in [1.29, 1.82) is 0 Å². The van der Waals surface area contributed by atoms with Crippen molar-refractivity contribution >= 4 is 11.8 Å². The third-order valence-electron chi connectivity index (χ3n) is 6.63. The number of nitrogens with zero attached hydrogens (tertiary/aromatic N) is 2. The van der Waals surface area contributed by atoms with Gasteiger partial charge in [-0.2, -0.15) is 13.2 Å². The van der Waals surface area contributed by atoms with Gasteiger partial charge in [0, 0.05) is 43.9 Å². The second-order valence-electron chi connectivity index (χ2n) is 8.74. The van der Waals surface area contributed by atoms with Crippen LogP contribution < -0.4 is 5.32 Å². The van der Waals surface area contributed by atoms with E-state index >= 15 is 0 Å². The summed E-state index contributed by atoms with van der Waals surface area (Å²) in [6.07, 6.45) is 0.279. The van der Waals surface area contributed by atoms with Gasteiger partial charge in [-0.3, -0.25) is 14.6 Å². The molecule has 2 fully saturated rings. The van der Waals surface area contributed by atoms with Crippen molar-refractivity contribution in [1.82, 2.24) is 15.2 Å². The Hall–Kier alpha value is -2.90. The average molecular weight is 445 g/mol. The maximum atomic E-state index is 12.9. The van der Waals surface area contributed by atoms with Gasteiger partial charge in [-0.1, -0.05) is 24.3 Å². The normalized spacial score (nSPS) is 19.6. The molecule has 1 atom stereocenters. The number of hydrogen-bond acceptors (Lipinski definition) is 3. The standard InChI is InChI=1S/C24H26F3N3O2/c25-24(26,27)18-5-3-4-17(14-18)15-21(31)30-12-8-23(9-13-30)16-20(23)22(32)29-11-7-19-6-1-2-10-28-19/h1-6,10,14,20H,7-9,11-13,15-16H2,(H,29,32). The lowest BCUT2D eigenvalue weighted by molar-refractivity contribution is -0.138. The van der Waals surface area contributed by atoms with Crippen molar-refractivity contribution in [2.75, 3.05) is 19.6 Å². The number of likely N-dealkylation sites (tertiary alicyclic amines) is 1. The SMILES string of the molecule is O=C(NCCc1ccccn1)C1CC12CCN(C(=O)Cc1cccc(C(F)(F)F)c1)CC2. The van der Waals surface area contributed by atoms with Gasteiger partial charge in [-0.05, 0) is 48.4 Å². The highest BCUT2D eigenvalue weighted by Gasteiger charge is 2.58. The van der Waals surface area contributed by atoms with Crippen molar-refractivity contribution in [2.24, 2.45) is 11.3 Å². The van der Waals surface area contributed by atoms with Crippen LogP contribution in [-0.2, 0) is 28.6 Å². The number of carbonyl (C=O) groups excluding carboxylic acids is 2. The van der Waals surface area contributed by atoms with E-state index in [2.05, 4.69) is 10.3 Å². The molecule has 1 N–H and O–H groups in total. The molecule has 1 spiro atoms. The quantitative estimate of drug-likeness (QED) is 0.739. The number of rotatable bonds is 6. The lowest BCUT2D eigenvalue weighted by Crippen LogP contribution is -2.41. The van der Waals surface area contributed by atoms with Gasteiger partial charge < -0.3 is 10.2 Å². The summed E-state index contributed by atoms with van der Waals surface area (Å²) >= 11 is 0. The van der Waals surface area contributed by atoms with Crippen molar-refractivity contribution in [2.45, 2.75) is 38.3 Å². The van der Waals surface area contributed by atoms with Crippen LogP contribution in [0.5, 0.6) is 0 Å². The minimum Gasteiger partial charge on any atom is -0.355 e. The predicted molar refractivity (Wildman–Crippen MR) is 112 cm³/mol. The van der Waals surface area contributed by atoms with Gasteiger partial charge in [0.15, 0.2) is 0 Å². The predicted octanol–water partition coefficient (Wildman–Crippen LogP) is 3.63. The van der Waals surface area contributed by atoms with Gasteiger partial charge in [0.1, 0.15) is 0 Å². The van der Waals surface area contributed by atoms with E-state index < -0.39 is 11.7 Å². The zero-order chi connectivity index (χ0) is 22.8. The van der Waals surface area contributed by atoms with E-state index in [1.807, 2.05) is 18.2 Å². The zero-order valence-corrected chi connectivity index (χ0v) is 17.7.